The maximum Gasteiger partial charge on any atom is 0.236 e. The van der Waals surface area contributed by atoms with Gasteiger partial charge >= 0.3 is 0 Å². The van der Waals surface area contributed by atoms with Gasteiger partial charge in [-0.2, -0.15) is 0 Å². The monoisotopic (exact) mass is 312 g/mol. The van der Waals surface area contributed by atoms with Crippen molar-refractivity contribution < 1.29 is 9.53 Å². The Morgan fingerprint density at radius 1 is 1.17 bits per heavy atom. The molecule has 0 aromatic heterocycles. The van der Waals surface area contributed by atoms with E-state index in [1.165, 1.54) is 0 Å². The van der Waals surface area contributed by atoms with Crippen LogP contribution in [0.1, 0.15) is 18.5 Å². The molecule has 0 fully saturated rings. The first-order chi connectivity index (χ1) is 11.1. The van der Waals surface area contributed by atoms with Crippen LogP contribution in [0.3, 0.4) is 0 Å². The molecule has 2 rings (SSSR count). The number of nitrogens with zero attached hydrogens (tertiary/aromatic N) is 1. The number of hydrogen-bond acceptors (Lipinski definition) is 3. The maximum absolute atomic E-state index is 12.0. The normalized spacial score (nSPS) is 11.8. The lowest BCUT2D eigenvalue weighted by Crippen LogP contribution is -2.35. The molecule has 0 saturated heterocycles. The van der Waals surface area contributed by atoms with Gasteiger partial charge < -0.3 is 15.0 Å². The molecule has 0 aliphatic rings. The second-order valence-corrected chi connectivity index (χ2v) is 5.53. The number of nitrogens with one attached hydrogen (secondary N) is 1. The summed E-state index contributed by atoms with van der Waals surface area (Å²) in [5, 5.41) is 2.89. The van der Waals surface area contributed by atoms with Crippen LogP contribution >= 0.6 is 0 Å². The van der Waals surface area contributed by atoms with Crippen molar-refractivity contribution in [1.82, 2.24) is 10.2 Å². The lowest BCUT2D eigenvalue weighted by molar-refractivity contribution is -0.130. The molecular weight excluding hydrogens is 288 g/mol. The molecular formula is C19H24N2O2. The van der Waals surface area contributed by atoms with Crippen molar-refractivity contribution in [2.24, 2.45) is 0 Å². The molecule has 4 nitrogen and oxygen atoms in total. The predicted molar refractivity (Wildman–Crippen MR) is 93.5 cm³/mol. The second kappa shape index (κ2) is 7.79. The summed E-state index contributed by atoms with van der Waals surface area (Å²) in [6, 6.07) is 16.3. The Kier molecular flexibility index (Phi) is 5.77. The van der Waals surface area contributed by atoms with E-state index >= 15 is 0 Å². The van der Waals surface area contributed by atoms with Gasteiger partial charge in [-0.05, 0) is 31.2 Å². The number of ether oxygens (including phenoxy) is 1. The van der Waals surface area contributed by atoms with Crippen molar-refractivity contribution in [3.63, 3.8) is 0 Å². The Morgan fingerprint density at radius 2 is 1.83 bits per heavy atom. The third-order valence-electron chi connectivity index (χ3n) is 4.11. The molecule has 1 amide bonds. The molecule has 1 atom stereocenters. The van der Waals surface area contributed by atoms with Gasteiger partial charge in [0.1, 0.15) is 5.75 Å². The van der Waals surface area contributed by atoms with Crippen molar-refractivity contribution in [3.05, 3.63) is 54.1 Å². The number of hydrogen-bond donors (Lipinski definition) is 1. The summed E-state index contributed by atoms with van der Waals surface area (Å²) in [7, 11) is 5.29. The Hall–Kier alpha value is -2.33. The highest BCUT2D eigenvalue weighted by molar-refractivity contribution is 5.78. The average molecular weight is 312 g/mol. The highest BCUT2D eigenvalue weighted by Gasteiger charge is 2.16. The van der Waals surface area contributed by atoms with Gasteiger partial charge in [-0.25, -0.2) is 0 Å². The summed E-state index contributed by atoms with van der Waals surface area (Å²) in [6.45, 7) is 2.38. The highest BCUT2D eigenvalue weighted by atomic mass is 16.5. The van der Waals surface area contributed by atoms with Crippen molar-refractivity contribution in [2.75, 3.05) is 27.7 Å². The molecule has 0 aliphatic heterocycles. The molecule has 0 saturated carbocycles. The fourth-order valence-electron chi connectivity index (χ4n) is 2.54. The van der Waals surface area contributed by atoms with E-state index in [0.29, 0.717) is 6.54 Å². The fourth-order valence-corrected chi connectivity index (χ4v) is 2.54. The largest absolute Gasteiger partial charge is 0.496 e. The van der Waals surface area contributed by atoms with Crippen molar-refractivity contribution in [2.45, 2.75) is 13.0 Å². The van der Waals surface area contributed by atoms with E-state index in [1.807, 2.05) is 38.2 Å². The number of para-hydroxylation sites is 1. The first-order valence-corrected chi connectivity index (χ1v) is 7.72. The molecule has 2 aromatic rings. The van der Waals surface area contributed by atoms with Crippen LogP contribution in [0.4, 0.5) is 0 Å². The van der Waals surface area contributed by atoms with E-state index in [0.717, 1.165) is 22.4 Å². The van der Waals surface area contributed by atoms with E-state index in [9.17, 15) is 4.79 Å². The van der Waals surface area contributed by atoms with Crippen molar-refractivity contribution in [1.29, 1.82) is 0 Å². The summed E-state index contributed by atoms with van der Waals surface area (Å²) in [5.74, 6) is 0.934. The van der Waals surface area contributed by atoms with E-state index in [1.54, 1.807) is 19.1 Å². The molecule has 1 N–H and O–H groups in total. The number of rotatable bonds is 6. The lowest BCUT2D eigenvalue weighted by Gasteiger charge is -2.25. The number of amides is 1. The zero-order valence-corrected chi connectivity index (χ0v) is 14.2. The molecule has 2 aromatic carbocycles. The number of carbonyl (C=O) groups excluding carboxylic acids is 1. The van der Waals surface area contributed by atoms with Gasteiger partial charge in [0.25, 0.3) is 0 Å². The minimum Gasteiger partial charge on any atom is -0.496 e. The molecule has 0 bridgehead atoms. The Labute approximate surface area is 138 Å². The summed E-state index contributed by atoms with van der Waals surface area (Å²) in [4.78, 5) is 13.7. The predicted octanol–water partition coefficient (Wildman–Crippen LogP) is 3.10. The minimum absolute atomic E-state index is 0.0302. The Morgan fingerprint density at radius 3 is 2.43 bits per heavy atom. The van der Waals surface area contributed by atoms with Crippen LogP contribution in [0.2, 0.25) is 0 Å². The molecule has 122 valence electrons. The maximum atomic E-state index is 12.0. The Balaban J connectivity index is 2.20. The molecule has 0 radical (unpaired) electrons. The van der Waals surface area contributed by atoms with Crippen LogP contribution in [0, 0.1) is 0 Å². The van der Waals surface area contributed by atoms with Gasteiger partial charge in [0.2, 0.25) is 5.91 Å². The zero-order chi connectivity index (χ0) is 16.8. The number of likely N-dealkylation sites (N-methyl/N-ethyl adjacent to an activating group) is 2. The van der Waals surface area contributed by atoms with Gasteiger partial charge in [0.05, 0.1) is 19.7 Å². The molecule has 1 unspecified atom stereocenters. The van der Waals surface area contributed by atoms with Gasteiger partial charge in [-0.1, -0.05) is 42.5 Å². The molecule has 0 heterocycles. The minimum atomic E-state index is 0.0302. The van der Waals surface area contributed by atoms with Crippen LogP contribution < -0.4 is 10.1 Å². The first-order valence-electron chi connectivity index (χ1n) is 7.72. The molecule has 0 aliphatic carbocycles. The van der Waals surface area contributed by atoms with E-state index < -0.39 is 0 Å². The number of carbonyl (C=O) groups is 1. The van der Waals surface area contributed by atoms with Crippen LogP contribution in [0.15, 0.2) is 48.5 Å². The summed E-state index contributed by atoms with van der Waals surface area (Å²) in [6.07, 6.45) is 0. The third kappa shape index (κ3) is 3.90. The van der Waals surface area contributed by atoms with Crippen LogP contribution in [0.25, 0.3) is 11.1 Å². The number of benzene rings is 2. The van der Waals surface area contributed by atoms with E-state index in [4.69, 9.17) is 4.74 Å². The van der Waals surface area contributed by atoms with Crippen LogP contribution in [-0.4, -0.2) is 38.6 Å². The average Bonchev–Trinajstić information content (AvgIpc) is 2.60. The summed E-state index contributed by atoms with van der Waals surface area (Å²) in [5.41, 5.74) is 3.27. The van der Waals surface area contributed by atoms with Crippen LogP contribution in [-0.2, 0) is 4.79 Å². The second-order valence-electron chi connectivity index (χ2n) is 5.53. The van der Waals surface area contributed by atoms with Gasteiger partial charge in [0, 0.05) is 12.6 Å². The summed E-state index contributed by atoms with van der Waals surface area (Å²) >= 11 is 0. The van der Waals surface area contributed by atoms with E-state index in [2.05, 4.69) is 29.6 Å². The standard InChI is InChI=1S/C19H24N2O2/c1-14(21(3)19(22)13-20-2)15-9-11-16(12-10-15)17-7-5-6-8-18(17)23-4/h5-12,14,20H,13H2,1-4H3. The Bertz CT molecular complexity index is 653. The molecule has 23 heavy (non-hydrogen) atoms. The number of methoxy groups -OCH3 is 1. The van der Waals surface area contributed by atoms with Crippen molar-refractivity contribution >= 4 is 5.91 Å². The van der Waals surface area contributed by atoms with Crippen molar-refractivity contribution in [3.8, 4) is 16.9 Å². The molecule has 4 heteroatoms. The summed E-state index contributed by atoms with van der Waals surface area (Å²) < 4.78 is 5.41. The SMILES string of the molecule is CNCC(=O)N(C)C(C)c1ccc(-c2ccccc2OC)cc1. The molecule has 0 spiro atoms. The van der Waals surface area contributed by atoms with Gasteiger partial charge in [-0.15, -0.1) is 0 Å². The van der Waals surface area contributed by atoms with Gasteiger partial charge in [-0.3, -0.25) is 4.79 Å². The smallest absolute Gasteiger partial charge is 0.236 e. The third-order valence-corrected chi connectivity index (χ3v) is 4.11. The lowest BCUT2D eigenvalue weighted by atomic mass is 10.00. The van der Waals surface area contributed by atoms with Crippen LogP contribution in [0.5, 0.6) is 5.75 Å². The van der Waals surface area contributed by atoms with E-state index in [-0.39, 0.29) is 11.9 Å². The highest BCUT2D eigenvalue weighted by Crippen LogP contribution is 2.30. The van der Waals surface area contributed by atoms with Gasteiger partial charge in [0.15, 0.2) is 0 Å². The fraction of sp³-hybridized carbons (Fsp3) is 0.316. The zero-order valence-electron chi connectivity index (χ0n) is 14.2. The first kappa shape index (κ1) is 17.0. The topological polar surface area (TPSA) is 41.6 Å². The quantitative estimate of drug-likeness (QED) is 0.891.